The van der Waals surface area contributed by atoms with Crippen LogP contribution in [0.4, 0.5) is 0 Å². The topological polar surface area (TPSA) is 29.3 Å². The first-order valence-corrected chi connectivity index (χ1v) is 7.99. The van der Waals surface area contributed by atoms with Crippen LogP contribution in [0.5, 0.6) is 0 Å². The molecule has 0 spiro atoms. The van der Waals surface area contributed by atoms with Crippen LogP contribution in [0.1, 0.15) is 16.5 Å². The molecule has 1 aromatic heterocycles. The van der Waals surface area contributed by atoms with Crippen LogP contribution < -0.4 is 5.73 Å². The van der Waals surface area contributed by atoms with Gasteiger partial charge in [0.25, 0.3) is 0 Å². The third kappa shape index (κ3) is 4.04. The Labute approximate surface area is 131 Å². The number of nitrogens with two attached hydrogens (primary N) is 1. The standard InChI is InChI=1S/C14H16BrClN2S/c1-18(9-10-3-2-4-11(16)7-10)12(8-17)13-5-6-14(15)19-13/h2-7,12H,8-9,17H2,1H3. The minimum atomic E-state index is 0.232. The highest BCUT2D eigenvalue weighted by molar-refractivity contribution is 9.11. The maximum atomic E-state index is 6.01. The van der Waals surface area contributed by atoms with Gasteiger partial charge in [0.15, 0.2) is 0 Å². The van der Waals surface area contributed by atoms with Gasteiger partial charge in [-0.05, 0) is 52.8 Å². The molecule has 1 heterocycles. The Morgan fingerprint density at radius 1 is 1.37 bits per heavy atom. The van der Waals surface area contributed by atoms with E-state index in [1.807, 2.05) is 18.2 Å². The largest absolute Gasteiger partial charge is 0.329 e. The molecule has 2 nitrogen and oxygen atoms in total. The summed E-state index contributed by atoms with van der Waals surface area (Å²) < 4.78 is 1.14. The molecule has 1 unspecified atom stereocenters. The SMILES string of the molecule is CN(Cc1cccc(Cl)c1)C(CN)c1ccc(Br)s1. The molecule has 0 saturated heterocycles. The maximum absolute atomic E-state index is 6.01. The van der Waals surface area contributed by atoms with Crippen LogP contribution in [-0.2, 0) is 6.54 Å². The normalized spacial score (nSPS) is 12.9. The van der Waals surface area contributed by atoms with E-state index in [0.717, 1.165) is 15.4 Å². The number of likely N-dealkylation sites (N-methyl/N-ethyl adjacent to an activating group) is 1. The number of benzene rings is 1. The second-order valence-electron chi connectivity index (χ2n) is 4.44. The Morgan fingerprint density at radius 2 is 2.16 bits per heavy atom. The van der Waals surface area contributed by atoms with E-state index >= 15 is 0 Å². The Kier molecular flexibility index (Phi) is 5.42. The van der Waals surface area contributed by atoms with Crippen molar-refractivity contribution < 1.29 is 0 Å². The van der Waals surface area contributed by atoms with Gasteiger partial charge in [0.1, 0.15) is 0 Å². The van der Waals surface area contributed by atoms with Crippen LogP contribution in [-0.4, -0.2) is 18.5 Å². The molecule has 1 aromatic carbocycles. The zero-order valence-corrected chi connectivity index (χ0v) is 13.8. The molecule has 0 fully saturated rings. The van der Waals surface area contributed by atoms with E-state index in [-0.39, 0.29) is 6.04 Å². The van der Waals surface area contributed by atoms with Crippen molar-refractivity contribution in [3.05, 3.63) is 55.6 Å². The summed E-state index contributed by atoms with van der Waals surface area (Å²) in [6.07, 6.45) is 0. The fourth-order valence-electron chi connectivity index (χ4n) is 2.05. The number of hydrogen-bond acceptors (Lipinski definition) is 3. The average Bonchev–Trinajstić information content (AvgIpc) is 2.76. The van der Waals surface area contributed by atoms with Gasteiger partial charge in [-0.25, -0.2) is 0 Å². The first kappa shape index (κ1) is 15.0. The predicted molar refractivity (Wildman–Crippen MR) is 86.7 cm³/mol. The van der Waals surface area contributed by atoms with Crippen LogP contribution >= 0.6 is 38.9 Å². The van der Waals surface area contributed by atoms with Crippen molar-refractivity contribution in [3.63, 3.8) is 0 Å². The first-order chi connectivity index (χ1) is 9.10. The van der Waals surface area contributed by atoms with E-state index in [1.54, 1.807) is 11.3 Å². The van der Waals surface area contributed by atoms with Crippen LogP contribution in [0.3, 0.4) is 0 Å². The van der Waals surface area contributed by atoms with Crippen LogP contribution in [0.25, 0.3) is 0 Å². The van der Waals surface area contributed by atoms with Gasteiger partial charge in [-0.3, -0.25) is 4.90 Å². The fourth-order valence-corrected chi connectivity index (χ4v) is 3.87. The maximum Gasteiger partial charge on any atom is 0.0702 e. The number of rotatable bonds is 5. The Bertz CT molecular complexity index is 544. The van der Waals surface area contributed by atoms with E-state index < -0.39 is 0 Å². The lowest BCUT2D eigenvalue weighted by Gasteiger charge is -2.26. The number of nitrogens with zero attached hydrogens (tertiary/aromatic N) is 1. The summed E-state index contributed by atoms with van der Waals surface area (Å²) in [5.74, 6) is 0. The molecule has 2 aromatic rings. The first-order valence-electron chi connectivity index (χ1n) is 6.00. The summed E-state index contributed by atoms with van der Waals surface area (Å²) >= 11 is 11.2. The van der Waals surface area contributed by atoms with E-state index in [2.05, 4.69) is 46.1 Å². The van der Waals surface area contributed by atoms with Crippen LogP contribution in [0.15, 0.2) is 40.2 Å². The molecule has 0 saturated carbocycles. The Hall–Kier alpha value is -0.390. The number of thiophene rings is 1. The molecule has 2 rings (SSSR count). The second-order valence-corrected chi connectivity index (χ2v) is 7.37. The van der Waals surface area contributed by atoms with Gasteiger partial charge >= 0.3 is 0 Å². The lowest BCUT2D eigenvalue weighted by Crippen LogP contribution is -2.29. The smallest absolute Gasteiger partial charge is 0.0702 e. The van der Waals surface area contributed by atoms with Crippen LogP contribution in [0, 0.1) is 0 Å². The minimum absolute atomic E-state index is 0.232. The summed E-state index contributed by atoms with van der Waals surface area (Å²) in [6, 6.07) is 12.4. The van der Waals surface area contributed by atoms with E-state index in [0.29, 0.717) is 6.54 Å². The van der Waals surface area contributed by atoms with Crippen LogP contribution in [0.2, 0.25) is 5.02 Å². The molecule has 5 heteroatoms. The molecule has 0 aliphatic heterocycles. The van der Waals surface area contributed by atoms with Gasteiger partial charge in [0.2, 0.25) is 0 Å². The van der Waals surface area contributed by atoms with Gasteiger partial charge in [-0.1, -0.05) is 23.7 Å². The highest BCUT2D eigenvalue weighted by atomic mass is 79.9. The fraction of sp³-hybridized carbons (Fsp3) is 0.286. The van der Waals surface area contributed by atoms with Gasteiger partial charge < -0.3 is 5.73 Å². The lowest BCUT2D eigenvalue weighted by atomic mass is 10.1. The average molecular weight is 360 g/mol. The Balaban J connectivity index is 2.11. The van der Waals surface area contributed by atoms with Gasteiger partial charge in [-0.15, -0.1) is 11.3 Å². The molecular weight excluding hydrogens is 344 g/mol. The lowest BCUT2D eigenvalue weighted by molar-refractivity contribution is 0.245. The molecule has 2 N–H and O–H groups in total. The van der Waals surface area contributed by atoms with E-state index in [1.165, 1.54) is 10.4 Å². The predicted octanol–water partition coefficient (Wildman–Crippen LogP) is 4.30. The highest BCUT2D eigenvalue weighted by Crippen LogP contribution is 2.30. The Morgan fingerprint density at radius 3 is 2.74 bits per heavy atom. The van der Waals surface area contributed by atoms with Gasteiger partial charge in [-0.2, -0.15) is 0 Å². The summed E-state index contributed by atoms with van der Waals surface area (Å²) in [5.41, 5.74) is 7.12. The van der Waals surface area contributed by atoms with Crippen molar-refractivity contribution in [2.75, 3.05) is 13.6 Å². The van der Waals surface area contributed by atoms with E-state index in [9.17, 15) is 0 Å². The molecule has 0 aliphatic rings. The molecule has 0 amide bonds. The van der Waals surface area contributed by atoms with Crippen molar-refractivity contribution in [2.24, 2.45) is 5.73 Å². The van der Waals surface area contributed by atoms with Crippen molar-refractivity contribution in [2.45, 2.75) is 12.6 Å². The summed E-state index contributed by atoms with van der Waals surface area (Å²) in [5, 5.41) is 0.772. The number of halogens is 2. The summed E-state index contributed by atoms with van der Waals surface area (Å²) in [7, 11) is 2.09. The second kappa shape index (κ2) is 6.86. The van der Waals surface area contributed by atoms with Crippen molar-refractivity contribution >= 4 is 38.9 Å². The van der Waals surface area contributed by atoms with E-state index in [4.69, 9.17) is 17.3 Å². The summed E-state index contributed by atoms with van der Waals surface area (Å²) in [6.45, 7) is 1.43. The van der Waals surface area contributed by atoms with Gasteiger partial charge in [0, 0.05) is 23.0 Å². The quantitative estimate of drug-likeness (QED) is 0.862. The number of hydrogen-bond donors (Lipinski definition) is 1. The molecule has 1 atom stereocenters. The highest BCUT2D eigenvalue weighted by Gasteiger charge is 2.17. The minimum Gasteiger partial charge on any atom is -0.329 e. The van der Waals surface area contributed by atoms with Crippen molar-refractivity contribution in [1.29, 1.82) is 0 Å². The van der Waals surface area contributed by atoms with Crippen molar-refractivity contribution in [3.8, 4) is 0 Å². The third-order valence-corrected chi connectivity index (χ3v) is 4.96. The molecular formula is C14H16BrClN2S. The third-order valence-electron chi connectivity index (χ3n) is 3.00. The molecule has 0 aliphatic carbocycles. The van der Waals surface area contributed by atoms with Gasteiger partial charge in [0.05, 0.1) is 9.83 Å². The summed E-state index contributed by atoms with van der Waals surface area (Å²) in [4.78, 5) is 3.53. The molecule has 102 valence electrons. The molecule has 0 radical (unpaired) electrons. The zero-order chi connectivity index (χ0) is 13.8. The molecule has 19 heavy (non-hydrogen) atoms. The monoisotopic (exact) mass is 358 g/mol. The zero-order valence-electron chi connectivity index (χ0n) is 10.6. The molecule has 0 bridgehead atoms. The van der Waals surface area contributed by atoms with Crippen molar-refractivity contribution in [1.82, 2.24) is 4.90 Å².